The third-order valence-corrected chi connectivity index (χ3v) is 4.94. The van der Waals surface area contributed by atoms with E-state index >= 15 is 0 Å². The third-order valence-electron chi connectivity index (χ3n) is 4.94. The largest absolute Gasteiger partial charge is 0.496 e. The van der Waals surface area contributed by atoms with Gasteiger partial charge in [0.05, 0.1) is 7.11 Å². The molecule has 1 unspecified atom stereocenters. The monoisotopic (exact) mass is 288 g/mol. The van der Waals surface area contributed by atoms with Gasteiger partial charge in [0.15, 0.2) is 0 Å². The first-order chi connectivity index (χ1) is 10.2. The van der Waals surface area contributed by atoms with Crippen LogP contribution in [0, 0.1) is 5.92 Å². The van der Waals surface area contributed by atoms with Crippen LogP contribution in [0.25, 0.3) is 0 Å². The van der Waals surface area contributed by atoms with Crippen LogP contribution in [0.5, 0.6) is 5.75 Å². The Morgan fingerprint density at radius 1 is 1.29 bits per heavy atom. The molecule has 0 heterocycles. The van der Waals surface area contributed by atoms with Crippen LogP contribution in [0.2, 0.25) is 0 Å². The van der Waals surface area contributed by atoms with Gasteiger partial charge in [0.2, 0.25) is 0 Å². The fraction of sp³-hybridized carbons (Fsp3) is 0.667. The zero-order valence-electron chi connectivity index (χ0n) is 13.6. The summed E-state index contributed by atoms with van der Waals surface area (Å²) < 4.78 is 5.55. The van der Waals surface area contributed by atoms with Gasteiger partial charge in [-0.2, -0.15) is 0 Å². The molecule has 3 rings (SSSR count). The number of hydrogen-bond acceptors (Lipinski definition) is 3. The molecular formula is C18H28N2O. The molecule has 2 aliphatic carbocycles. The quantitative estimate of drug-likeness (QED) is 0.795. The molecule has 0 saturated heterocycles. The van der Waals surface area contributed by atoms with E-state index in [-0.39, 0.29) is 0 Å². The molecule has 1 N–H and O–H groups in total. The summed E-state index contributed by atoms with van der Waals surface area (Å²) >= 11 is 0. The second kappa shape index (κ2) is 6.37. The predicted octanol–water partition coefficient (Wildman–Crippen LogP) is 3.18. The molecule has 21 heavy (non-hydrogen) atoms. The Balaban J connectivity index is 1.66. The maximum Gasteiger partial charge on any atom is 0.123 e. The van der Waals surface area contributed by atoms with E-state index in [1.165, 1.54) is 36.8 Å². The predicted molar refractivity (Wildman–Crippen MR) is 86.5 cm³/mol. The summed E-state index contributed by atoms with van der Waals surface area (Å²) in [6, 6.07) is 8.04. The molecule has 0 radical (unpaired) electrons. The van der Waals surface area contributed by atoms with Gasteiger partial charge >= 0.3 is 0 Å². The number of nitrogens with zero attached hydrogens (tertiary/aromatic N) is 1. The molecule has 0 aliphatic heterocycles. The van der Waals surface area contributed by atoms with Gasteiger partial charge in [0.25, 0.3) is 0 Å². The van der Waals surface area contributed by atoms with Crippen LogP contribution in [0.1, 0.15) is 43.7 Å². The molecule has 116 valence electrons. The van der Waals surface area contributed by atoms with Crippen LogP contribution in [0.3, 0.4) is 0 Å². The van der Waals surface area contributed by atoms with E-state index in [1.807, 2.05) is 0 Å². The van der Waals surface area contributed by atoms with Crippen LogP contribution in [0.15, 0.2) is 18.2 Å². The van der Waals surface area contributed by atoms with E-state index in [9.17, 15) is 0 Å². The minimum Gasteiger partial charge on any atom is -0.496 e. The molecule has 3 heteroatoms. The first-order valence-electron chi connectivity index (χ1n) is 8.27. The van der Waals surface area contributed by atoms with Gasteiger partial charge in [-0.05, 0) is 63.3 Å². The molecule has 0 spiro atoms. The highest BCUT2D eigenvalue weighted by atomic mass is 16.5. The summed E-state index contributed by atoms with van der Waals surface area (Å²) in [5.74, 6) is 1.92. The lowest BCUT2D eigenvalue weighted by Crippen LogP contribution is -2.30. The highest BCUT2D eigenvalue weighted by molar-refractivity contribution is 5.37. The summed E-state index contributed by atoms with van der Waals surface area (Å²) in [6.07, 6.45) is 5.47. The van der Waals surface area contributed by atoms with Crippen molar-refractivity contribution in [3.8, 4) is 5.75 Å². The van der Waals surface area contributed by atoms with E-state index in [1.54, 1.807) is 7.11 Å². The number of benzene rings is 1. The van der Waals surface area contributed by atoms with Crippen molar-refractivity contribution < 1.29 is 4.74 Å². The lowest BCUT2D eigenvalue weighted by Gasteiger charge is -2.25. The first-order valence-corrected chi connectivity index (χ1v) is 8.27. The van der Waals surface area contributed by atoms with E-state index in [4.69, 9.17) is 4.74 Å². The molecule has 2 saturated carbocycles. The summed E-state index contributed by atoms with van der Waals surface area (Å²) in [6.45, 7) is 4.30. The average molecular weight is 288 g/mol. The van der Waals surface area contributed by atoms with Crippen molar-refractivity contribution in [2.45, 2.75) is 57.8 Å². The minimum absolute atomic E-state index is 0.669. The maximum atomic E-state index is 5.55. The normalized spacial score (nSPS) is 19.8. The van der Waals surface area contributed by atoms with Crippen LogP contribution in [0.4, 0.5) is 0 Å². The van der Waals surface area contributed by atoms with Crippen molar-refractivity contribution in [1.82, 2.24) is 10.2 Å². The Hall–Kier alpha value is -1.06. The Morgan fingerprint density at radius 2 is 2.05 bits per heavy atom. The number of rotatable bonds is 8. The zero-order chi connectivity index (χ0) is 14.8. The molecule has 0 bridgehead atoms. The molecule has 1 atom stereocenters. The van der Waals surface area contributed by atoms with E-state index in [2.05, 4.69) is 42.4 Å². The second-order valence-electron chi connectivity index (χ2n) is 6.79. The second-order valence-corrected chi connectivity index (χ2v) is 6.79. The Bertz CT molecular complexity index is 480. The summed E-state index contributed by atoms with van der Waals surface area (Å²) in [4.78, 5) is 2.47. The van der Waals surface area contributed by atoms with Crippen molar-refractivity contribution in [3.63, 3.8) is 0 Å². The minimum atomic E-state index is 0.669. The molecule has 1 aromatic carbocycles. The highest BCUT2D eigenvalue weighted by Crippen LogP contribution is 2.35. The van der Waals surface area contributed by atoms with E-state index in [0.717, 1.165) is 30.8 Å². The Kier molecular flexibility index (Phi) is 4.51. The van der Waals surface area contributed by atoms with Gasteiger partial charge in [-0.3, -0.25) is 4.90 Å². The van der Waals surface area contributed by atoms with Gasteiger partial charge < -0.3 is 10.1 Å². The van der Waals surface area contributed by atoms with Crippen molar-refractivity contribution in [2.75, 3.05) is 14.2 Å². The Morgan fingerprint density at radius 3 is 2.67 bits per heavy atom. The number of ether oxygens (including phenoxy) is 1. The molecule has 0 aromatic heterocycles. The SMILES string of the molecule is COc1ccc(CNC2CC2)cc1CN(C)C(C)C1CC1. The van der Waals surface area contributed by atoms with Crippen molar-refractivity contribution in [3.05, 3.63) is 29.3 Å². The average Bonchev–Trinajstić information content (AvgIpc) is 3.38. The van der Waals surface area contributed by atoms with Crippen molar-refractivity contribution >= 4 is 0 Å². The van der Waals surface area contributed by atoms with Gasteiger partial charge in [0, 0.05) is 30.7 Å². The maximum absolute atomic E-state index is 5.55. The lowest BCUT2D eigenvalue weighted by atomic mass is 10.1. The summed E-state index contributed by atoms with van der Waals surface area (Å²) in [7, 11) is 4.00. The first kappa shape index (κ1) is 14.9. The summed E-state index contributed by atoms with van der Waals surface area (Å²) in [5.41, 5.74) is 2.67. The van der Waals surface area contributed by atoms with Gasteiger partial charge in [0.1, 0.15) is 5.75 Å². The molecule has 2 aliphatic rings. The zero-order valence-corrected chi connectivity index (χ0v) is 13.6. The molecule has 2 fully saturated rings. The molecule has 0 amide bonds. The smallest absolute Gasteiger partial charge is 0.123 e. The van der Waals surface area contributed by atoms with Gasteiger partial charge in [-0.25, -0.2) is 0 Å². The fourth-order valence-electron chi connectivity index (χ4n) is 2.97. The summed E-state index contributed by atoms with van der Waals surface area (Å²) in [5, 5.41) is 3.59. The van der Waals surface area contributed by atoms with E-state index in [0.29, 0.717) is 6.04 Å². The molecule has 3 nitrogen and oxygen atoms in total. The van der Waals surface area contributed by atoms with Gasteiger partial charge in [-0.1, -0.05) is 6.07 Å². The van der Waals surface area contributed by atoms with Crippen molar-refractivity contribution in [2.24, 2.45) is 5.92 Å². The van der Waals surface area contributed by atoms with Crippen LogP contribution >= 0.6 is 0 Å². The van der Waals surface area contributed by atoms with Crippen LogP contribution in [-0.4, -0.2) is 31.1 Å². The number of hydrogen-bond donors (Lipinski definition) is 1. The standard InChI is InChI=1S/C18H28N2O/c1-13(15-5-6-15)20(2)12-16-10-14(4-9-18(16)21-3)11-19-17-7-8-17/h4,9-10,13,15,17,19H,5-8,11-12H2,1-3H3. The van der Waals surface area contributed by atoms with Crippen LogP contribution < -0.4 is 10.1 Å². The Labute approximate surface area is 128 Å². The lowest BCUT2D eigenvalue weighted by molar-refractivity contribution is 0.223. The number of methoxy groups -OCH3 is 1. The van der Waals surface area contributed by atoms with Crippen molar-refractivity contribution in [1.29, 1.82) is 0 Å². The molecule has 1 aromatic rings. The van der Waals surface area contributed by atoms with Crippen LogP contribution in [-0.2, 0) is 13.1 Å². The van der Waals surface area contributed by atoms with Gasteiger partial charge in [-0.15, -0.1) is 0 Å². The molecular weight excluding hydrogens is 260 g/mol. The highest BCUT2D eigenvalue weighted by Gasteiger charge is 2.30. The number of nitrogens with one attached hydrogen (secondary N) is 1. The third kappa shape index (κ3) is 3.98. The van der Waals surface area contributed by atoms with E-state index < -0.39 is 0 Å². The fourth-order valence-corrected chi connectivity index (χ4v) is 2.97. The topological polar surface area (TPSA) is 24.5 Å².